The topological polar surface area (TPSA) is 116 Å². The Balaban J connectivity index is 1.61. The van der Waals surface area contributed by atoms with Gasteiger partial charge in [-0.25, -0.2) is 0 Å². The van der Waals surface area contributed by atoms with Crippen molar-refractivity contribution < 1.29 is 19.8 Å². The van der Waals surface area contributed by atoms with E-state index < -0.39 is 17.0 Å². The number of anilines is 1. The first kappa shape index (κ1) is 20.0. The van der Waals surface area contributed by atoms with Crippen LogP contribution in [0.15, 0.2) is 30.6 Å². The predicted molar refractivity (Wildman–Crippen MR) is 105 cm³/mol. The van der Waals surface area contributed by atoms with Crippen molar-refractivity contribution in [2.75, 3.05) is 24.5 Å². The second-order valence-corrected chi connectivity index (χ2v) is 8.29. The molecule has 1 atom stereocenters. The monoisotopic (exact) mass is 386 g/mol. The lowest BCUT2D eigenvalue weighted by Crippen LogP contribution is -2.45. The maximum atomic E-state index is 12.2. The summed E-state index contributed by atoms with van der Waals surface area (Å²) in [5, 5.41) is 22.6. The number of rotatable bonds is 7. The molecule has 150 valence electrons. The van der Waals surface area contributed by atoms with Gasteiger partial charge in [0, 0.05) is 38.4 Å². The van der Waals surface area contributed by atoms with Crippen molar-refractivity contribution in [3.63, 3.8) is 0 Å². The van der Waals surface area contributed by atoms with Gasteiger partial charge in [-0.05, 0) is 30.0 Å². The summed E-state index contributed by atoms with van der Waals surface area (Å²) in [6.45, 7) is 4.64. The van der Waals surface area contributed by atoms with E-state index in [1.165, 1.54) is 0 Å². The lowest BCUT2D eigenvalue weighted by atomic mass is 9.85. The van der Waals surface area contributed by atoms with Gasteiger partial charge in [0.15, 0.2) is 0 Å². The number of hydrogen-bond donors (Lipinski definition) is 3. The third-order valence-corrected chi connectivity index (χ3v) is 5.03. The molecule has 1 amide bonds. The smallest absolute Gasteiger partial charge is 0.303 e. The molecule has 0 unspecified atom stereocenters. The summed E-state index contributed by atoms with van der Waals surface area (Å²) in [5.41, 5.74) is 0.812. The van der Waals surface area contributed by atoms with Gasteiger partial charge in [-0.1, -0.05) is 13.8 Å². The van der Waals surface area contributed by atoms with Crippen molar-refractivity contribution in [1.82, 2.24) is 15.3 Å². The van der Waals surface area contributed by atoms with Crippen molar-refractivity contribution in [1.29, 1.82) is 0 Å². The molecule has 1 aliphatic rings. The number of carboxylic acid groups (broad SMARTS) is 1. The Labute approximate surface area is 163 Å². The third kappa shape index (κ3) is 4.75. The Morgan fingerprint density at radius 2 is 2.04 bits per heavy atom. The van der Waals surface area contributed by atoms with Gasteiger partial charge < -0.3 is 20.4 Å². The lowest BCUT2D eigenvalue weighted by Gasteiger charge is -2.26. The van der Waals surface area contributed by atoms with E-state index in [-0.39, 0.29) is 25.3 Å². The van der Waals surface area contributed by atoms with Gasteiger partial charge in [0.05, 0.1) is 17.6 Å². The van der Waals surface area contributed by atoms with Gasteiger partial charge >= 0.3 is 5.97 Å². The van der Waals surface area contributed by atoms with E-state index in [0.717, 1.165) is 16.7 Å². The lowest BCUT2D eigenvalue weighted by molar-refractivity contribution is -0.139. The van der Waals surface area contributed by atoms with E-state index in [4.69, 9.17) is 5.11 Å². The minimum Gasteiger partial charge on any atom is -0.481 e. The number of pyridine rings is 2. The summed E-state index contributed by atoms with van der Waals surface area (Å²) >= 11 is 0. The van der Waals surface area contributed by atoms with Crippen LogP contribution in [-0.4, -0.2) is 57.3 Å². The Bertz CT molecular complexity index is 880. The van der Waals surface area contributed by atoms with E-state index >= 15 is 0 Å². The molecule has 2 aromatic heterocycles. The van der Waals surface area contributed by atoms with Crippen LogP contribution in [-0.2, 0) is 9.59 Å². The molecule has 0 saturated carbocycles. The number of carbonyl (C=O) groups is 2. The first-order chi connectivity index (χ1) is 13.2. The Morgan fingerprint density at radius 3 is 2.79 bits per heavy atom. The van der Waals surface area contributed by atoms with Crippen LogP contribution in [0.25, 0.3) is 11.0 Å². The SMILES string of the molecule is CC(C)(CC(=O)O)CC(=O)NC[C@@]1(O)CCN(c2ccnc3cccnc23)C1. The highest BCUT2D eigenvalue weighted by molar-refractivity contribution is 5.87. The molecule has 1 saturated heterocycles. The number of β-amino-alcohol motifs (C(OH)–C–C–N with tert-alkyl or cyclic N) is 1. The predicted octanol–water partition coefficient (Wildman–Crippen LogP) is 1.58. The zero-order chi connectivity index (χ0) is 20.4. The zero-order valence-corrected chi connectivity index (χ0v) is 16.2. The van der Waals surface area contributed by atoms with Crippen molar-refractivity contribution in [3.05, 3.63) is 30.6 Å². The number of hydrogen-bond acceptors (Lipinski definition) is 6. The van der Waals surface area contributed by atoms with Gasteiger partial charge in [0.1, 0.15) is 11.1 Å². The normalized spacial score (nSPS) is 19.8. The number of nitrogens with one attached hydrogen (secondary N) is 1. The zero-order valence-electron chi connectivity index (χ0n) is 16.2. The average Bonchev–Trinajstić information content (AvgIpc) is 3.00. The molecule has 0 spiro atoms. The summed E-state index contributed by atoms with van der Waals surface area (Å²) < 4.78 is 0. The molecule has 1 aliphatic heterocycles. The highest BCUT2D eigenvalue weighted by Gasteiger charge is 2.37. The molecule has 0 bridgehead atoms. The van der Waals surface area contributed by atoms with Gasteiger partial charge in [-0.15, -0.1) is 0 Å². The van der Waals surface area contributed by atoms with Crippen LogP contribution >= 0.6 is 0 Å². The molecule has 3 heterocycles. The molecule has 1 fully saturated rings. The Kier molecular flexibility index (Phi) is 5.51. The fourth-order valence-corrected chi connectivity index (χ4v) is 3.66. The number of fused-ring (bicyclic) bond motifs is 1. The molecule has 8 heteroatoms. The van der Waals surface area contributed by atoms with Gasteiger partial charge in [-0.2, -0.15) is 0 Å². The highest BCUT2D eigenvalue weighted by Crippen LogP contribution is 2.30. The van der Waals surface area contributed by atoms with Crippen molar-refractivity contribution in [2.45, 2.75) is 38.7 Å². The maximum absolute atomic E-state index is 12.2. The highest BCUT2D eigenvalue weighted by atomic mass is 16.4. The molecular weight excluding hydrogens is 360 g/mol. The minimum absolute atomic E-state index is 0.0828. The first-order valence-corrected chi connectivity index (χ1v) is 9.33. The van der Waals surface area contributed by atoms with E-state index in [9.17, 15) is 14.7 Å². The number of amides is 1. The van der Waals surface area contributed by atoms with Crippen LogP contribution in [0.4, 0.5) is 5.69 Å². The quantitative estimate of drug-likeness (QED) is 0.661. The van der Waals surface area contributed by atoms with E-state index in [1.54, 1.807) is 26.2 Å². The van der Waals surface area contributed by atoms with Crippen LogP contribution < -0.4 is 10.2 Å². The molecule has 0 radical (unpaired) electrons. The van der Waals surface area contributed by atoms with Crippen LogP contribution in [0.2, 0.25) is 0 Å². The van der Waals surface area contributed by atoms with E-state index in [0.29, 0.717) is 19.5 Å². The van der Waals surface area contributed by atoms with Crippen LogP contribution in [0, 0.1) is 5.41 Å². The summed E-state index contributed by atoms with van der Waals surface area (Å²) in [4.78, 5) is 33.9. The molecule has 3 rings (SSSR count). The standard InChI is InChI=1S/C20H26N4O4/c1-19(2,11-17(26)27)10-16(25)23-12-20(28)6-9-24(13-20)15-5-8-21-14-4-3-7-22-18(14)15/h3-5,7-8,28H,6,9-13H2,1-2H3,(H,23,25)(H,26,27)/t20-/m0/s1. The fraction of sp³-hybridized carbons (Fsp3) is 0.500. The summed E-state index contributed by atoms with van der Waals surface area (Å²) in [6.07, 6.45) is 3.97. The first-order valence-electron chi connectivity index (χ1n) is 9.33. The fourth-order valence-electron chi connectivity index (χ4n) is 3.66. The number of nitrogens with zero attached hydrogens (tertiary/aromatic N) is 3. The number of carbonyl (C=O) groups excluding carboxylic acids is 1. The van der Waals surface area contributed by atoms with Gasteiger partial charge in [0.25, 0.3) is 0 Å². The number of aromatic nitrogens is 2. The Hall–Kier alpha value is -2.74. The molecule has 0 aromatic carbocycles. The van der Waals surface area contributed by atoms with Gasteiger partial charge in [0.2, 0.25) is 5.91 Å². The van der Waals surface area contributed by atoms with Crippen LogP contribution in [0.3, 0.4) is 0 Å². The second-order valence-electron chi connectivity index (χ2n) is 8.29. The summed E-state index contributed by atoms with van der Waals surface area (Å²) in [7, 11) is 0. The molecule has 3 N–H and O–H groups in total. The number of aliphatic hydroxyl groups is 1. The average molecular weight is 386 g/mol. The van der Waals surface area contributed by atoms with E-state index in [1.807, 2.05) is 18.2 Å². The largest absolute Gasteiger partial charge is 0.481 e. The molecule has 8 nitrogen and oxygen atoms in total. The Morgan fingerprint density at radius 1 is 1.25 bits per heavy atom. The number of carboxylic acids is 1. The second kappa shape index (κ2) is 7.71. The summed E-state index contributed by atoms with van der Waals surface area (Å²) in [6, 6.07) is 5.61. The van der Waals surface area contributed by atoms with Crippen molar-refractivity contribution in [2.24, 2.45) is 5.41 Å². The van der Waals surface area contributed by atoms with E-state index in [2.05, 4.69) is 20.2 Å². The molecule has 2 aromatic rings. The summed E-state index contributed by atoms with van der Waals surface area (Å²) in [5.74, 6) is -1.18. The van der Waals surface area contributed by atoms with Crippen LogP contribution in [0.1, 0.15) is 33.1 Å². The van der Waals surface area contributed by atoms with Crippen molar-refractivity contribution in [3.8, 4) is 0 Å². The maximum Gasteiger partial charge on any atom is 0.303 e. The third-order valence-electron chi connectivity index (χ3n) is 5.03. The number of aliphatic carboxylic acids is 1. The molecule has 28 heavy (non-hydrogen) atoms. The minimum atomic E-state index is -1.04. The van der Waals surface area contributed by atoms with Crippen LogP contribution in [0.5, 0.6) is 0 Å². The van der Waals surface area contributed by atoms with Crippen molar-refractivity contribution >= 4 is 28.6 Å². The van der Waals surface area contributed by atoms with Gasteiger partial charge in [-0.3, -0.25) is 19.6 Å². The molecule has 0 aliphatic carbocycles. The molecular formula is C20H26N4O4.